The van der Waals surface area contributed by atoms with Gasteiger partial charge in [0.05, 0.1) is 5.69 Å². The molecule has 1 N–H and O–H groups in total. The summed E-state index contributed by atoms with van der Waals surface area (Å²) in [4.78, 5) is 32.3. The van der Waals surface area contributed by atoms with Gasteiger partial charge in [-0.2, -0.15) is 0 Å². The summed E-state index contributed by atoms with van der Waals surface area (Å²) in [6, 6.07) is -0.484. The SMILES string of the molecule is Cc1nc(CN2CC3(CCN(C(=O)C4CC4)CC3)C[C@H]2C(=O)O)co1. The van der Waals surface area contributed by atoms with E-state index in [1.54, 1.807) is 13.2 Å². The van der Waals surface area contributed by atoms with Crippen molar-refractivity contribution in [1.82, 2.24) is 14.8 Å². The van der Waals surface area contributed by atoms with Crippen LogP contribution in [0.5, 0.6) is 0 Å². The zero-order chi connectivity index (χ0) is 17.6. The number of oxazole rings is 1. The standard InChI is InChI=1S/C18H25N3O4/c1-12-19-14(10-25-12)9-21-11-18(8-15(21)17(23)24)4-6-20(7-5-18)16(22)13-2-3-13/h10,13,15H,2-9,11H2,1H3,(H,23,24)/t15-/m0/s1. The van der Waals surface area contributed by atoms with Crippen molar-refractivity contribution in [2.24, 2.45) is 11.3 Å². The zero-order valence-electron chi connectivity index (χ0n) is 14.6. The number of nitrogens with zero attached hydrogens (tertiary/aromatic N) is 3. The Hall–Kier alpha value is -1.89. The minimum atomic E-state index is -0.770. The Balaban J connectivity index is 1.42. The Morgan fingerprint density at radius 3 is 2.64 bits per heavy atom. The predicted molar refractivity (Wildman–Crippen MR) is 88.7 cm³/mol. The van der Waals surface area contributed by atoms with Gasteiger partial charge in [0, 0.05) is 39.0 Å². The lowest BCUT2D eigenvalue weighted by Gasteiger charge is -2.39. The third-order valence-electron chi connectivity index (χ3n) is 5.98. The van der Waals surface area contributed by atoms with Gasteiger partial charge >= 0.3 is 5.97 Å². The number of carbonyl (C=O) groups excluding carboxylic acids is 1. The van der Waals surface area contributed by atoms with Crippen LogP contribution in [-0.4, -0.2) is 57.4 Å². The van der Waals surface area contributed by atoms with Crippen LogP contribution in [-0.2, 0) is 16.1 Å². The van der Waals surface area contributed by atoms with Crippen LogP contribution in [0, 0.1) is 18.3 Å². The van der Waals surface area contributed by atoms with Crippen molar-refractivity contribution in [2.45, 2.75) is 51.6 Å². The second kappa shape index (κ2) is 6.12. The topological polar surface area (TPSA) is 86.9 Å². The molecule has 3 aliphatic rings. The molecule has 1 atom stereocenters. The number of likely N-dealkylation sites (tertiary alicyclic amines) is 2. The van der Waals surface area contributed by atoms with Crippen LogP contribution in [0.15, 0.2) is 10.7 Å². The highest BCUT2D eigenvalue weighted by molar-refractivity contribution is 5.81. The van der Waals surface area contributed by atoms with E-state index in [4.69, 9.17) is 4.42 Å². The third kappa shape index (κ3) is 3.29. The minimum absolute atomic E-state index is 0.00215. The number of aliphatic carboxylic acids is 1. The first-order valence-electron chi connectivity index (χ1n) is 9.12. The summed E-state index contributed by atoms with van der Waals surface area (Å²) in [6.07, 6.45) is 6.12. The Morgan fingerprint density at radius 1 is 1.36 bits per heavy atom. The number of carbonyl (C=O) groups is 2. The number of carboxylic acids is 1. The van der Waals surface area contributed by atoms with Crippen molar-refractivity contribution in [3.63, 3.8) is 0 Å². The van der Waals surface area contributed by atoms with Crippen LogP contribution in [0.2, 0.25) is 0 Å². The van der Waals surface area contributed by atoms with Crippen molar-refractivity contribution in [3.05, 3.63) is 17.8 Å². The molecule has 1 amide bonds. The lowest BCUT2D eigenvalue weighted by Crippen LogP contribution is -2.44. The monoisotopic (exact) mass is 347 g/mol. The molecular weight excluding hydrogens is 322 g/mol. The smallest absolute Gasteiger partial charge is 0.320 e. The maximum atomic E-state index is 12.2. The molecule has 0 aromatic carbocycles. The third-order valence-corrected chi connectivity index (χ3v) is 5.98. The molecular formula is C18H25N3O4. The van der Waals surface area contributed by atoms with Gasteiger partial charge in [-0.3, -0.25) is 14.5 Å². The van der Waals surface area contributed by atoms with Crippen LogP contribution in [0.3, 0.4) is 0 Å². The van der Waals surface area contributed by atoms with Crippen LogP contribution >= 0.6 is 0 Å². The number of aryl methyl sites for hydroxylation is 1. The normalized spacial score (nSPS) is 26.3. The molecule has 1 spiro atoms. The quantitative estimate of drug-likeness (QED) is 0.891. The summed E-state index contributed by atoms with van der Waals surface area (Å²) in [6.45, 7) is 4.57. The van der Waals surface area contributed by atoms with E-state index >= 15 is 0 Å². The molecule has 1 aliphatic carbocycles. The first-order valence-corrected chi connectivity index (χ1v) is 9.12. The van der Waals surface area contributed by atoms with E-state index in [-0.39, 0.29) is 11.3 Å². The van der Waals surface area contributed by atoms with Gasteiger partial charge in [-0.25, -0.2) is 4.98 Å². The van der Waals surface area contributed by atoms with E-state index < -0.39 is 12.0 Å². The molecule has 3 fully saturated rings. The van der Waals surface area contributed by atoms with Crippen LogP contribution in [0.4, 0.5) is 0 Å². The molecule has 0 unspecified atom stereocenters. The molecule has 0 radical (unpaired) electrons. The van der Waals surface area contributed by atoms with Gasteiger partial charge in [-0.1, -0.05) is 0 Å². The van der Waals surface area contributed by atoms with E-state index in [2.05, 4.69) is 4.98 Å². The number of amides is 1. The predicted octanol–water partition coefficient (Wildman–Crippen LogP) is 1.66. The average molecular weight is 347 g/mol. The molecule has 1 saturated carbocycles. The zero-order valence-corrected chi connectivity index (χ0v) is 14.6. The maximum Gasteiger partial charge on any atom is 0.320 e. The molecule has 7 nitrogen and oxygen atoms in total. The van der Waals surface area contributed by atoms with Gasteiger partial charge in [-0.05, 0) is 37.5 Å². The molecule has 3 heterocycles. The van der Waals surface area contributed by atoms with E-state index in [0.29, 0.717) is 24.8 Å². The van der Waals surface area contributed by atoms with Crippen molar-refractivity contribution >= 4 is 11.9 Å². The highest BCUT2D eigenvalue weighted by atomic mass is 16.4. The van der Waals surface area contributed by atoms with Crippen LogP contribution in [0.25, 0.3) is 0 Å². The highest BCUT2D eigenvalue weighted by Gasteiger charge is 2.49. The van der Waals surface area contributed by atoms with Gasteiger partial charge in [-0.15, -0.1) is 0 Å². The van der Waals surface area contributed by atoms with Crippen LogP contribution in [0.1, 0.15) is 43.7 Å². The number of rotatable bonds is 4. The van der Waals surface area contributed by atoms with Gasteiger partial charge in [0.1, 0.15) is 12.3 Å². The lowest BCUT2D eigenvalue weighted by molar-refractivity contribution is -0.142. The Kier molecular flexibility index (Phi) is 4.06. The largest absolute Gasteiger partial charge is 0.480 e. The van der Waals surface area contributed by atoms with E-state index in [1.807, 2.05) is 9.80 Å². The summed E-state index contributed by atoms with van der Waals surface area (Å²) in [5.74, 6) is 0.394. The fourth-order valence-electron chi connectivity index (χ4n) is 4.40. The summed E-state index contributed by atoms with van der Waals surface area (Å²) in [7, 11) is 0. The van der Waals surface area contributed by atoms with Gasteiger partial charge in [0.2, 0.25) is 5.91 Å². The summed E-state index contributed by atoms with van der Waals surface area (Å²) >= 11 is 0. The average Bonchev–Trinajstić information content (AvgIpc) is 3.27. The Bertz CT molecular complexity index is 674. The number of piperidine rings is 1. The lowest BCUT2D eigenvalue weighted by atomic mass is 9.76. The highest BCUT2D eigenvalue weighted by Crippen LogP contribution is 2.44. The number of carboxylic acid groups (broad SMARTS) is 1. The second-order valence-electron chi connectivity index (χ2n) is 7.92. The van der Waals surface area contributed by atoms with Crippen molar-refractivity contribution in [3.8, 4) is 0 Å². The fraction of sp³-hybridized carbons (Fsp3) is 0.722. The molecule has 1 aromatic rings. The minimum Gasteiger partial charge on any atom is -0.480 e. The molecule has 0 bridgehead atoms. The van der Waals surface area contributed by atoms with E-state index in [1.165, 1.54) is 0 Å². The summed E-state index contributed by atoms with van der Waals surface area (Å²) in [5, 5.41) is 9.65. The molecule has 7 heteroatoms. The van der Waals surface area contributed by atoms with Gasteiger partial charge in [0.25, 0.3) is 0 Å². The molecule has 136 valence electrons. The van der Waals surface area contributed by atoms with Crippen molar-refractivity contribution < 1.29 is 19.1 Å². The van der Waals surface area contributed by atoms with Gasteiger partial charge < -0.3 is 14.4 Å². The van der Waals surface area contributed by atoms with E-state index in [0.717, 1.165) is 51.0 Å². The molecule has 25 heavy (non-hydrogen) atoms. The van der Waals surface area contributed by atoms with Crippen molar-refractivity contribution in [2.75, 3.05) is 19.6 Å². The van der Waals surface area contributed by atoms with Crippen LogP contribution < -0.4 is 0 Å². The first-order chi connectivity index (χ1) is 12.0. The number of aromatic nitrogens is 1. The molecule has 2 saturated heterocycles. The number of hydrogen-bond acceptors (Lipinski definition) is 5. The summed E-state index contributed by atoms with van der Waals surface area (Å²) in [5.41, 5.74) is 0.782. The molecule has 4 rings (SSSR count). The van der Waals surface area contributed by atoms with Crippen molar-refractivity contribution in [1.29, 1.82) is 0 Å². The Labute approximate surface area is 147 Å². The Morgan fingerprint density at radius 2 is 2.08 bits per heavy atom. The molecule has 2 aliphatic heterocycles. The maximum absolute atomic E-state index is 12.2. The number of hydrogen-bond donors (Lipinski definition) is 1. The van der Waals surface area contributed by atoms with E-state index in [9.17, 15) is 14.7 Å². The first kappa shape index (κ1) is 16.6. The summed E-state index contributed by atoms with van der Waals surface area (Å²) < 4.78 is 5.25. The molecule has 1 aromatic heterocycles. The second-order valence-corrected chi connectivity index (χ2v) is 7.92. The fourth-order valence-corrected chi connectivity index (χ4v) is 4.40. The van der Waals surface area contributed by atoms with Gasteiger partial charge in [0.15, 0.2) is 5.89 Å².